The highest BCUT2D eigenvalue weighted by Crippen LogP contribution is 2.38. The van der Waals surface area contributed by atoms with Gasteiger partial charge in [-0.3, -0.25) is 4.90 Å². The third kappa shape index (κ3) is 3.01. The molecule has 3 nitrogen and oxygen atoms in total. The molecule has 0 aromatic carbocycles. The Kier molecular flexibility index (Phi) is 3.69. The number of hydrogen-bond donors (Lipinski definition) is 2. The van der Waals surface area contributed by atoms with Gasteiger partial charge in [-0.15, -0.1) is 0 Å². The lowest BCUT2D eigenvalue weighted by Gasteiger charge is -2.42. The Bertz CT molecular complexity index is 249. The Morgan fingerprint density at radius 1 is 1.06 bits per heavy atom. The van der Waals surface area contributed by atoms with Gasteiger partial charge in [0.2, 0.25) is 0 Å². The monoisotopic (exact) mass is 238 g/mol. The summed E-state index contributed by atoms with van der Waals surface area (Å²) in [5.74, 6) is 1.51. The molecule has 2 heterocycles. The van der Waals surface area contributed by atoms with Crippen molar-refractivity contribution in [1.82, 2.24) is 10.2 Å². The summed E-state index contributed by atoms with van der Waals surface area (Å²) in [7, 11) is 0. The minimum atomic E-state index is -0.0198. The molecule has 3 heteroatoms. The molecule has 0 bridgehead atoms. The Morgan fingerprint density at radius 2 is 1.82 bits per heavy atom. The third-order valence-corrected chi connectivity index (χ3v) is 4.88. The van der Waals surface area contributed by atoms with Gasteiger partial charge < -0.3 is 10.4 Å². The number of piperidine rings is 2. The number of nitrogens with one attached hydrogen (secondary N) is 1. The molecule has 0 aromatic rings. The highest BCUT2D eigenvalue weighted by Gasteiger charge is 2.35. The van der Waals surface area contributed by atoms with Crippen molar-refractivity contribution in [2.24, 2.45) is 11.8 Å². The Hall–Kier alpha value is -0.120. The van der Waals surface area contributed by atoms with Crippen LogP contribution in [0.4, 0.5) is 0 Å². The van der Waals surface area contributed by atoms with Crippen LogP contribution in [-0.4, -0.2) is 48.3 Å². The van der Waals surface area contributed by atoms with E-state index in [1.807, 2.05) is 0 Å². The largest absolute Gasteiger partial charge is 0.393 e. The molecular weight excluding hydrogens is 212 g/mol. The maximum Gasteiger partial charge on any atom is 0.0592 e. The second-order valence-electron chi connectivity index (χ2n) is 6.27. The standard InChI is InChI=1S/C14H26N2O/c17-14-5-8-16(13-3-6-15-7-4-13)10-12(14)9-11-1-2-11/h11-15,17H,1-10H2. The van der Waals surface area contributed by atoms with E-state index >= 15 is 0 Å². The van der Waals surface area contributed by atoms with E-state index in [1.165, 1.54) is 45.2 Å². The molecule has 2 aliphatic heterocycles. The van der Waals surface area contributed by atoms with Gasteiger partial charge in [-0.2, -0.15) is 0 Å². The summed E-state index contributed by atoms with van der Waals surface area (Å²) in [6.07, 6.45) is 7.68. The van der Waals surface area contributed by atoms with Crippen molar-refractivity contribution < 1.29 is 5.11 Å². The maximum atomic E-state index is 10.1. The summed E-state index contributed by atoms with van der Waals surface area (Å²) in [5, 5.41) is 13.6. The summed E-state index contributed by atoms with van der Waals surface area (Å²) in [6, 6.07) is 0.783. The lowest BCUT2D eigenvalue weighted by molar-refractivity contribution is -0.00115. The van der Waals surface area contributed by atoms with E-state index in [1.54, 1.807) is 0 Å². The van der Waals surface area contributed by atoms with Gasteiger partial charge in [0.05, 0.1) is 6.10 Å². The van der Waals surface area contributed by atoms with Gasteiger partial charge >= 0.3 is 0 Å². The Balaban J connectivity index is 1.54. The summed E-state index contributed by atoms with van der Waals surface area (Å²) in [6.45, 7) is 4.63. The van der Waals surface area contributed by atoms with E-state index in [2.05, 4.69) is 10.2 Å². The summed E-state index contributed by atoms with van der Waals surface area (Å²) in [5.41, 5.74) is 0. The van der Waals surface area contributed by atoms with Crippen molar-refractivity contribution in [2.75, 3.05) is 26.2 Å². The Labute approximate surface area is 105 Å². The topological polar surface area (TPSA) is 35.5 Å². The van der Waals surface area contributed by atoms with Gasteiger partial charge in [-0.25, -0.2) is 0 Å². The number of likely N-dealkylation sites (tertiary alicyclic amines) is 1. The molecule has 2 atom stereocenters. The zero-order chi connectivity index (χ0) is 11.7. The molecule has 17 heavy (non-hydrogen) atoms. The second kappa shape index (κ2) is 5.25. The van der Waals surface area contributed by atoms with Crippen LogP contribution in [0.3, 0.4) is 0 Å². The van der Waals surface area contributed by atoms with Crippen molar-refractivity contribution in [3.05, 3.63) is 0 Å². The molecule has 0 amide bonds. The molecule has 2 N–H and O–H groups in total. The molecular formula is C14H26N2O. The number of rotatable bonds is 3. The average Bonchev–Trinajstić information content (AvgIpc) is 3.17. The number of hydrogen-bond acceptors (Lipinski definition) is 3. The molecule has 3 rings (SSSR count). The van der Waals surface area contributed by atoms with Crippen LogP contribution in [0.2, 0.25) is 0 Å². The highest BCUT2D eigenvalue weighted by molar-refractivity contribution is 4.89. The zero-order valence-electron chi connectivity index (χ0n) is 10.8. The van der Waals surface area contributed by atoms with Crippen molar-refractivity contribution in [3.63, 3.8) is 0 Å². The first-order valence-electron chi connectivity index (χ1n) is 7.46. The van der Waals surface area contributed by atoms with E-state index < -0.39 is 0 Å². The summed E-state index contributed by atoms with van der Waals surface area (Å²) < 4.78 is 0. The van der Waals surface area contributed by atoms with Gasteiger partial charge in [0.1, 0.15) is 0 Å². The minimum absolute atomic E-state index is 0.0198. The van der Waals surface area contributed by atoms with E-state index in [4.69, 9.17) is 0 Å². The van der Waals surface area contributed by atoms with E-state index in [0.29, 0.717) is 5.92 Å². The SMILES string of the molecule is OC1CCN(C2CCNCC2)CC1CC1CC1. The van der Waals surface area contributed by atoms with Gasteiger partial charge in [0, 0.05) is 19.1 Å². The summed E-state index contributed by atoms with van der Waals surface area (Å²) in [4.78, 5) is 2.67. The number of nitrogens with zero attached hydrogens (tertiary/aromatic N) is 1. The fourth-order valence-electron chi connectivity index (χ4n) is 3.56. The normalized spacial score (nSPS) is 37.2. The Morgan fingerprint density at radius 3 is 2.53 bits per heavy atom. The van der Waals surface area contributed by atoms with Gasteiger partial charge in [0.25, 0.3) is 0 Å². The maximum absolute atomic E-state index is 10.1. The first-order chi connectivity index (χ1) is 8.33. The van der Waals surface area contributed by atoms with Gasteiger partial charge in [0.15, 0.2) is 0 Å². The molecule has 1 saturated carbocycles. The molecule has 1 aliphatic carbocycles. The van der Waals surface area contributed by atoms with Crippen LogP contribution in [0.25, 0.3) is 0 Å². The van der Waals surface area contributed by atoms with Crippen molar-refractivity contribution >= 4 is 0 Å². The van der Waals surface area contributed by atoms with E-state index in [0.717, 1.165) is 31.5 Å². The third-order valence-electron chi connectivity index (χ3n) is 4.88. The zero-order valence-corrected chi connectivity index (χ0v) is 10.8. The molecule has 2 saturated heterocycles. The molecule has 0 radical (unpaired) electrons. The fourth-order valence-corrected chi connectivity index (χ4v) is 3.56. The van der Waals surface area contributed by atoms with Crippen LogP contribution >= 0.6 is 0 Å². The predicted octanol–water partition coefficient (Wildman–Crippen LogP) is 1.22. The minimum Gasteiger partial charge on any atom is -0.393 e. The molecule has 3 aliphatic rings. The lowest BCUT2D eigenvalue weighted by Crippen LogP contribution is -2.51. The molecule has 0 spiro atoms. The van der Waals surface area contributed by atoms with E-state index in [9.17, 15) is 5.11 Å². The molecule has 2 unspecified atom stereocenters. The molecule has 98 valence electrons. The quantitative estimate of drug-likeness (QED) is 0.776. The first kappa shape index (κ1) is 11.9. The van der Waals surface area contributed by atoms with Crippen LogP contribution in [-0.2, 0) is 0 Å². The van der Waals surface area contributed by atoms with Crippen LogP contribution in [0, 0.1) is 11.8 Å². The number of aliphatic hydroxyl groups excluding tert-OH is 1. The van der Waals surface area contributed by atoms with Crippen molar-refractivity contribution in [1.29, 1.82) is 0 Å². The predicted molar refractivity (Wildman–Crippen MR) is 68.9 cm³/mol. The van der Waals surface area contributed by atoms with Crippen LogP contribution in [0.15, 0.2) is 0 Å². The van der Waals surface area contributed by atoms with E-state index in [-0.39, 0.29) is 6.10 Å². The fraction of sp³-hybridized carbons (Fsp3) is 1.00. The van der Waals surface area contributed by atoms with Crippen molar-refractivity contribution in [3.8, 4) is 0 Å². The van der Waals surface area contributed by atoms with Crippen LogP contribution in [0.5, 0.6) is 0 Å². The van der Waals surface area contributed by atoms with Crippen molar-refractivity contribution in [2.45, 2.75) is 50.7 Å². The van der Waals surface area contributed by atoms with Gasteiger partial charge in [-0.05, 0) is 50.6 Å². The van der Waals surface area contributed by atoms with Crippen LogP contribution < -0.4 is 5.32 Å². The average molecular weight is 238 g/mol. The molecule has 3 fully saturated rings. The highest BCUT2D eigenvalue weighted by atomic mass is 16.3. The molecule has 0 aromatic heterocycles. The summed E-state index contributed by atoms with van der Waals surface area (Å²) >= 11 is 0. The van der Waals surface area contributed by atoms with Crippen LogP contribution in [0.1, 0.15) is 38.5 Å². The first-order valence-corrected chi connectivity index (χ1v) is 7.46. The van der Waals surface area contributed by atoms with Gasteiger partial charge in [-0.1, -0.05) is 12.8 Å². The number of aliphatic hydroxyl groups is 1. The lowest BCUT2D eigenvalue weighted by atomic mass is 9.88. The second-order valence-corrected chi connectivity index (χ2v) is 6.27. The smallest absolute Gasteiger partial charge is 0.0592 e.